The van der Waals surface area contributed by atoms with Crippen LogP contribution in [0.3, 0.4) is 0 Å². The monoisotopic (exact) mass is 218 g/mol. The lowest BCUT2D eigenvalue weighted by molar-refractivity contribution is 0.872. The van der Waals surface area contributed by atoms with Crippen LogP contribution in [-0.2, 0) is 0 Å². The second-order valence-corrected chi connectivity index (χ2v) is 3.33. The lowest BCUT2D eigenvalue weighted by atomic mass is 10.3. The van der Waals surface area contributed by atoms with Crippen LogP contribution in [0.1, 0.15) is 0 Å². The van der Waals surface area contributed by atoms with Gasteiger partial charge in [0.2, 0.25) is 0 Å². The summed E-state index contributed by atoms with van der Waals surface area (Å²) < 4.78 is 0. The Balaban J connectivity index is 2.64. The average Bonchev–Trinajstić information content (AvgIpc) is 2.19. The molecular weight excluding hydrogens is 207 g/mol. The van der Waals surface area contributed by atoms with Crippen LogP contribution in [0.2, 0.25) is 0 Å². The molecule has 4 heteroatoms. The molecule has 0 saturated carbocycles. The van der Waals surface area contributed by atoms with Crippen LogP contribution in [0.15, 0.2) is 24.5 Å². The molecule has 0 saturated heterocycles. The Bertz CT molecular complexity index is 222. The predicted molar refractivity (Wildman–Crippen MR) is 57.9 cm³/mol. The number of halogens is 2. The maximum atomic E-state index is 5.68. The average molecular weight is 219 g/mol. The van der Waals surface area contributed by atoms with E-state index in [9.17, 15) is 0 Å². The SMILES string of the molecule is ClCCN(CCCl)c1ccncc1. The van der Waals surface area contributed by atoms with E-state index >= 15 is 0 Å². The molecule has 0 fully saturated rings. The van der Waals surface area contributed by atoms with E-state index in [0.29, 0.717) is 11.8 Å². The summed E-state index contributed by atoms with van der Waals surface area (Å²) in [6.45, 7) is 1.64. The zero-order valence-electron chi connectivity index (χ0n) is 7.29. The van der Waals surface area contributed by atoms with Gasteiger partial charge in [0.15, 0.2) is 0 Å². The topological polar surface area (TPSA) is 16.1 Å². The summed E-state index contributed by atoms with van der Waals surface area (Å²) in [5.74, 6) is 1.22. The summed E-state index contributed by atoms with van der Waals surface area (Å²) in [5, 5.41) is 0. The van der Waals surface area contributed by atoms with Crippen LogP contribution in [0.25, 0.3) is 0 Å². The van der Waals surface area contributed by atoms with Crippen LogP contribution in [0.4, 0.5) is 5.69 Å². The van der Waals surface area contributed by atoms with Gasteiger partial charge in [0.25, 0.3) is 0 Å². The van der Waals surface area contributed by atoms with Crippen molar-refractivity contribution < 1.29 is 0 Å². The van der Waals surface area contributed by atoms with Crippen molar-refractivity contribution >= 4 is 28.9 Å². The number of pyridine rings is 1. The maximum absolute atomic E-state index is 5.68. The standard InChI is InChI=1S/C9H12Cl2N2/c10-3-7-13(8-4-11)9-1-5-12-6-2-9/h1-2,5-6H,3-4,7-8H2. The summed E-state index contributed by atoms with van der Waals surface area (Å²) in [7, 11) is 0. The van der Waals surface area contributed by atoms with Gasteiger partial charge < -0.3 is 4.90 Å². The van der Waals surface area contributed by atoms with Crippen molar-refractivity contribution in [1.82, 2.24) is 4.98 Å². The summed E-state index contributed by atoms with van der Waals surface area (Å²) in [4.78, 5) is 6.10. The number of anilines is 1. The predicted octanol–water partition coefficient (Wildman–Crippen LogP) is 2.37. The van der Waals surface area contributed by atoms with Crippen LogP contribution in [-0.4, -0.2) is 29.8 Å². The molecule has 0 amide bonds. The molecule has 0 aromatic carbocycles. The van der Waals surface area contributed by atoms with Gasteiger partial charge in [0, 0.05) is 42.9 Å². The molecule has 2 nitrogen and oxygen atoms in total. The minimum Gasteiger partial charge on any atom is -0.369 e. The molecule has 0 unspecified atom stereocenters. The highest BCUT2D eigenvalue weighted by molar-refractivity contribution is 6.18. The molecule has 1 aromatic rings. The Morgan fingerprint density at radius 1 is 1.08 bits per heavy atom. The first kappa shape index (κ1) is 10.6. The highest BCUT2D eigenvalue weighted by Gasteiger charge is 2.03. The lowest BCUT2D eigenvalue weighted by Crippen LogP contribution is -2.27. The first-order valence-corrected chi connectivity index (χ1v) is 5.22. The van der Waals surface area contributed by atoms with Gasteiger partial charge in [-0.3, -0.25) is 4.98 Å². The highest BCUT2D eigenvalue weighted by Crippen LogP contribution is 2.11. The van der Waals surface area contributed by atoms with E-state index in [0.717, 1.165) is 18.8 Å². The van der Waals surface area contributed by atoms with E-state index in [-0.39, 0.29) is 0 Å². The van der Waals surface area contributed by atoms with Crippen LogP contribution in [0, 0.1) is 0 Å². The molecule has 0 aliphatic carbocycles. The highest BCUT2D eigenvalue weighted by atomic mass is 35.5. The van der Waals surface area contributed by atoms with Gasteiger partial charge in [-0.05, 0) is 12.1 Å². The Hall–Kier alpha value is -0.470. The third-order valence-corrected chi connectivity index (χ3v) is 2.07. The summed E-state index contributed by atoms with van der Waals surface area (Å²) >= 11 is 11.4. The summed E-state index contributed by atoms with van der Waals surface area (Å²) in [6, 6.07) is 3.91. The zero-order valence-corrected chi connectivity index (χ0v) is 8.80. The van der Waals surface area contributed by atoms with Crippen LogP contribution >= 0.6 is 23.2 Å². The summed E-state index contributed by atoms with van der Waals surface area (Å²) in [6.07, 6.45) is 3.54. The van der Waals surface area contributed by atoms with Gasteiger partial charge in [0.1, 0.15) is 0 Å². The van der Waals surface area contributed by atoms with Crippen molar-refractivity contribution in [3.63, 3.8) is 0 Å². The molecule has 0 aliphatic rings. The Morgan fingerprint density at radius 2 is 1.62 bits per heavy atom. The number of rotatable bonds is 5. The molecule has 0 bridgehead atoms. The lowest BCUT2D eigenvalue weighted by Gasteiger charge is -2.22. The number of hydrogen-bond acceptors (Lipinski definition) is 2. The minimum atomic E-state index is 0.610. The van der Waals surface area contributed by atoms with E-state index in [4.69, 9.17) is 23.2 Å². The first-order valence-electron chi connectivity index (χ1n) is 4.15. The van der Waals surface area contributed by atoms with E-state index in [1.165, 1.54) is 0 Å². The van der Waals surface area contributed by atoms with Crippen LogP contribution in [0.5, 0.6) is 0 Å². The largest absolute Gasteiger partial charge is 0.369 e. The van der Waals surface area contributed by atoms with Crippen molar-refractivity contribution in [2.24, 2.45) is 0 Å². The molecule has 1 aromatic heterocycles. The van der Waals surface area contributed by atoms with Crippen molar-refractivity contribution in [2.45, 2.75) is 0 Å². The Labute approximate surface area is 88.5 Å². The molecule has 0 radical (unpaired) electrons. The van der Waals surface area contributed by atoms with Gasteiger partial charge in [-0.1, -0.05) is 0 Å². The Morgan fingerprint density at radius 3 is 2.08 bits per heavy atom. The van der Waals surface area contributed by atoms with Crippen molar-refractivity contribution in [3.8, 4) is 0 Å². The quantitative estimate of drug-likeness (QED) is 0.706. The van der Waals surface area contributed by atoms with E-state index in [2.05, 4.69) is 9.88 Å². The van der Waals surface area contributed by atoms with Crippen molar-refractivity contribution in [3.05, 3.63) is 24.5 Å². The molecule has 0 aliphatic heterocycles. The van der Waals surface area contributed by atoms with Crippen LogP contribution < -0.4 is 4.90 Å². The van der Waals surface area contributed by atoms with Crippen molar-refractivity contribution in [1.29, 1.82) is 0 Å². The van der Waals surface area contributed by atoms with Gasteiger partial charge in [0.05, 0.1) is 0 Å². The number of nitrogens with zero attached hydrogens (tertiary/aromatic N) is 2. The second-order valence-electron chi connectivity index (χ2n) is 2.57. The molecule has 0 N–H and O–H groups in total. The first-order chi connectivity index (χ1) is 6.38. The second kappa shape index (κ2) is 6.06. The molecule has 0 spiro atoms. The number of aromatic nitrogens is 1. The van der Waals surface area contributed by atoms with Gasteiger partial charge >= 0.3 is 0 Å². The Kier molecular flexibility index (Phi) is 4.94. The van der Waals surface area contributed by atoms with E-state index in [1.54, 1.807) is 12.4 Å². The smallest absolute Gasteiger partial charge is 0.0399 e. The normalized spacial score (nSPS) is 10.0. The minimum absolute atomic E-state index is 0.610. The molecule has 1 heterocycles. The maximum Gasteiger partial charge on any atom is 0.0399 e. The van der Waals surface area contributed by atoms with Gasteiger partial charge in [-0.2, -0.15) is 0 Å². The fraction of sp³-hybridized carbons (Fsp3) is 0.444. The van der Waals surface area contributed by atoms with E-state index < -0.39 is 0 Å². The third-order valence-electron chi connectivity index (χ3n) is 1.74. The van der Waals surface area contributed by atoms with Gasteiger partial charge in [-0.25, -0.2) is 0 Å². The number of hydrogen-bond donors (Lipinski definition) is 0. The fourth-order valence-electron chi connectivity index (χ4n) is 1.13. The third kappa shape index (κ3) is 3.41. The molecule has 1 rings (SSSR count). The molecule has 13 heavy (non-hydrogen) atoms. The fourth-order valence-corrected chi connectivity index (χ4v) is 1.54. The molecular formula is C9H12Cl2N2. The number of alkyl halides is 2. The zero-order chi connectivity index (χ0) is 9.52. The summed E-state index contributed by atoms with van der Waals surface area (Å²) in [5.41, 5.74) is 1.12. The molecule has 72 valence electrons. The molecule has 0 atom stereocenters. The van der Waals surface area contributed by atoms with Crippen molar-refractivity contribution in [2.75, 3.05) is 29.7 Å². The van der Waals surface area contributed by atoms with E-state index in [1.807, 2.05) is 12.1 Å². The van der Waals surface area contributed by atoms with Gasteiger partial charge in [-0.15, -0.1) is 23.2 Å².